The van der Waals surface area contributed by atoms with E-state index in [4.69, 9.17) is 9.26 Å². The van der Waals surface area contributed by atoms with Gasteiger partial charge in [0.05, 0.1) is 6.54 Å². The summed E-state index contributed by atoms with van der Waals surface area (Å²) in [7, 11) is 0. The van der Waals surface area contributed by atoms with Gasteiger partial charge in [-0.05, 0) is 20.3 Å². The molecule has 0 atom stereocenters. The van der Waals surface area contributed by atoms with Crippen molar-refractivity contribution in [3.8, 4) is 0 Å². The van der Waals surface area contributed by atoms with Crippen molar-refractivity contribution in [2.75, 3.05) is 18.5 Å². The standard InChI is InChI=1S/C12H19N5O2/c1-3-18-8-4-6-17-7-5-13-12(17)14-9-11-15-10(2)16-19-11/h5,7H,3-4,6,8-9H2,1-2H3,(H,13,14). The number of anilines is 1. The van der Waals surface area contributed by atoms with Gasteiger partial charge in [-0.3, -0.25) is 0 Å². The third-order valence-corrected chi connectivity index (χ3v) is 2.57. The van der Waals surface area contributed by atoms with Gasteiger partial charge in [0.25, 0.3) is 0 Å². The molecule has 2 rings (SSSR count). The van der Waals surface area contributed by atoms with Crippen LogP contribution >= 0.6 is 0 Å². The number of aryl methyl sites for hydroxylation is 2. The van der Waals surface area contributed by atoms with Crippen LogP contribution in [-0.2, 0) is 17.8 Å². The van der Waals surface area contributed by atoms with Crippen molar-refractivity contribution in [2.45, 2.75) is 33.4 Å². The monoisotopic (exact) mass is 265 g/mol. The van der Waals surface area contributed by atoms with E-state index in [0.29, 0.717) is 18.3 Å². The number of imidazole rings is 1. The van der Waals surface area contributed by atoms with E-state index >= 15 is 0 Å². The van der Waals surface area contributed by atoms with Crippen molar-refractivity contribution < 1.29 is 9.26 Å². The van der Waals surface area contributed by atoms with Gasteiger partial charge in [-0.25, -0.2) is 4.98 Å². The summed E-state index contributed by atoms with van der Waals surface area (Å²) in [6, 6.07) is 0. The minimum Gasteiger partial charge on any atom is -0.382 e. The van der Waals surface area contributed by atoms with Crippen LogP contribution in [0.2, 0.25) is 0 Å². The van der Waals surface area contributed by atoms with E-state index in [0.717, 1.165) is 32.1 Å². The predicted octanol–water partition coefficient (Wildman–Crippen LogP) is 1.61. The number of nitrogens with zero attached hydrogens (tertiary/aromatic N) is 4. The minimum absolute atomic E-state index is 0.476. The summed E-state index contributed by atoms with van der Waals surface area (Å²) < 4.78 is 12.4. The van der Waals surface area contributed by atoms with Gasteiger partial charge in [0.1, 0.15) is 0 Å². The first-order valence-electron chi connectivity index (χ1n) is 6.41. The fraction of sp³-hybridized carbons (Fsp3) is 0.583. The van der Waals surface area contributed by atoms with E-state index in [-0.39, 0.29) is 0 Å². The molecule has 19 heavy (non-hydrogen) atoms. The number of ether oxygens (including phenoxy) is 1. The Kier molecular flexibility index (Phi) is 4.91. The first kappa shape index (κ1) is 13.5. The SMILES string of the molecule is CCOCCCn1ccnc1NCc1nc(C)no1. The van der Waals surface area contributed by atoms with E-state index < -0.39 is 0 Å². The van der Waals surface area contributed by atoms with Crippen LogP contribution in [-0.4, -0.2) is 32.9 Å². The minimum atomic E-state index is 0.476. The summed E-state index contributed by atoms with van der Waals surface area (Å²) in [6.07, 6.45) is 4.66. The fourth-order valence-electron chi connectivity index (χ4n) is 1.70. The van der Waals surface area contributed by atoms with Crippen LogP contribution in [0.1, 0.15) is 25.1 Å². The zero-order chi connectivity index (χ0) is 13.5. The molecule has 7 heteroatoms. The van der Waals surface area contributed by atoms with Crippen molar-refractivity contribution >= 4 is 5.95 Å². The molecule has 0 saturated heterocycles. The second-order valence-corrected chi connectivity index (χ2v) is 4.08. The molecule has 0 unspecified atom stereocenters. The van der Waals surface area contributed by atoms with Gasteiger partial charge in [0.2, 0.25) is 11.8 Å². The van der Waals surface area contributed by atoms with Crippen molar-refractivity contribution in [1.29, 1.82) is 0 Å². The number of aromatic nitrogens is 4. The number of hydrogen-bond acceptors (Lipinski definition) is 6. The number of nitrogens with one attached hydrogen (secondary N) is 1. The van der Waals surface area contributed by atoms with Gasteiger partial charge < -0.3 is 19.1 Å². The predicted molar refractivity (Wildman–Crippen MR) is 69.7 cm³/mol. The average molecular weight is 265 g/mol. The molecule has 0 aliphatic heterocycles. The van der Waals surface area contributed by atoms with E-state index in [1.165, 1.54) is 0 Å². The highest BCUT2D eigenvalue weighted by Gasteiger charge is 2.05. The molecule has 0 bridgehead atoms. The van der Waals surface area contributed by atoms with Gasteiger partial charge in [0.15, 0.2) is 5.82 Å². The van der Waals surface area contributed by atoms with E-state index in [9.17, 15) is 0 Å². The normalized spacial score (nSPS) is 10.8. The quantitative estimate of drug-likeness (QED) is 0.731. The van der Waals surface area contributed by atoms with Crippen molar-refractivity contribution in [3.05, 3.63) is 24.1 Å². The average Bonchev–Trinajstić information content (AvgIpc) is 3.01. The molecule has 0 spiro atoms. The van der Waals surface area contributed by atoms with Gasteiger partial charge in [-0.15, -0.1) is 0 Å². The Hall–Kier alpha value is -1.89. The molecule has 7 nitrogen and oxygen atoms in total. The highest BCUT2D eigenvalue weighted by atomic mass is 16.5. The first-order valence-corrected chi connectivity index (χ1v) is 6.41. The van der Waals surface area contributed by atoms with E-state index in [1.54, 1.807) is 13.1 Å². The molecular weight excluding hydrogens is 246 g/mol. The maximum atomic E-state index is 5.32. The second kappa shape index (κ2) is 6.89. The first-order chi connectivity index (χ1) is 9.29. The Balaban J connectivity index is 1.81. The summed E-state index contributed by atoms with van der Waals surface area (Å²) in [4.78, 5) is 8.39. The lowest BCUT2D eigenvalue weighted by Crippen LogP contribution is -2.09. The Morgan fingerprint density at radius 1 is 1.47 bits per heavy atom. The maximum Gasteiger partial charge on any atom is 0.246 e. The van der Waals surface area contributed by atoms with Gasteiger partial charge in [0, 0.05) is 32.2 Å². The molecule has 0 amide bonds. The third kappa shape index (κ3) is 4.06. The third-order valence-electron chi connectivity index (χ3n) is 2.57. The molecule has 2 aromatic heterocycles. The van der Waals surface area contributed by atoms with Crippen LogP contribution in [0.5, 0.6) is 0 Å². The van der Waals surface area contributed by atoms with Gasteiger partial charge in [-0.2, -0.15) is 4.98 Å². The lowest BCUT2D eigenvalue weighted by Gasteiger charge is -2.08. The Bertz CT molecular complexity index is 494. The smallest absolute Gasteiger partial charge is 0.246 e. The summed E-state index contributed by atoms with van der Waals surface area (Å²) in [5.41, 5.74) is 0. The van der Waals surface area contributed by atoms with Crippen molar-refractivity contribution in [2.24, 2.45) is 0 Å². The van der Waals surface area contributed by atoms with E-state index in [1.807, 2.05) is 17.7 Å². The molecule has 0 aliphatic carbocycles. The van der Waals surface area contributed by atoms with Gasteiger partial charge in [-0.1, -0.05) is 5.16 Å². The van der Waals surface area contributed by atoms with Crippen LogP contribution in [0.25, 0.3) is 0 Å². The molecule has 2 heterocycles. The molecule has 0 aliphatic rings. The molecule has 0 fully saturated rings. The van der Waals surface area contributed by atoms with Crippen LogP contribution < -0.4 is 5.32 Å². The van der Waals surface area contributed by atoms with Crippen LogP contribution in [0.15, 0.2) is 16.9 Å². The lowest BCUT2D eigenvalue weighted by molar-refractivity contribution is 0.142. The maximum absolute atomic E-state index is 5.32. The molecule has 104 valence electrons. The highest BCUT2D eigenvalue weighted by molar-refractivity contribution is 5.25. The molecule has 0 radical (unpaired) electrons. The van der Waals surface area contributed by atoms with Crippen LogP contribution in [0.3, 0.4) is 0 Å². The number of rotatable bonds is 8. The fourth-order valence-corrected chi connectivity index (χ4v) is 1.70. The van der Waals surface area contributed by atoms with Crippen LogP contribution in [0, 0.1) is 6.92 Å². The highest BCUT2D eigenvalue weighted by Crippen LogP contribution is 2.07. The Morgan fingerprint density at radius 2 is 2.37 bits per heavy atom. The zero-order valence-corrected chi connectivity index (χ0v) is 11.3. The van der Waals surface area contributed by atoms with E-state index in [2.05, 4.69) is 20.4 Å². The molecular formula is C12H19N5O2. The largest absolute Gasteiger partial charge is 0.382 e. The molecule has 0 saturated carbocycles. The summed E-state index contributed by atoms with van der Waals surface area (Å²) in [5, 5.41) is 6.92. The molecule has 1 N–H and O–H groups in total. The summed E-state index contributed by atoms with van der Waals surface area (Å²) in [6.45, 7) is 6.65. The zero-order valence-electron chi connectivity index (χ0n) is 11.3. The van der Waals surface area contributed by atoms with Gasteiger partial charge >= 0.3 is 0 Å². The Morgan fingerprint density at radius 3 is 3.11 bits per heavy atom. The van der Waals surface area contributed by atoms with Crippen molar-refractivity contribution in [1.82, 2.24) is 19.7 Å². The second-order valence-electron chi connectivity index (χ2n) is 4.08. The summed E-state index contributed by atoms with van der Waals surface area (Å²) in [5.74, 6) is 1.99. The Labute approximate surface area is 112 Å². The molecule has 2 aromatic rings. The lowest BCUT2D eigenvalue weighted by atomic mass is 10.4. The topological polar surface area (TPSA) is 78.0 Å². The molecule has 0 aromatic carbocycles. The van der Waals surface area contributed by atoms with Crippen LogP contribution in [0.4, 0.5) is 5.95 Å². The number of hydrogen-bond donors (Lipinski definition) is 1. The summed E-state index contributed by atoms with van der Waals surface area (Å²) >= 11 is 0. The van der Waals surface area contributed by atoms with Crippen molar-refractivity contribution in [3.63, 3.8) is 0 Å².